The smallest absolute Gasteiger partial charge is 0.336 e. The minimum Gasteiger partial charge on any atom is -0.478 e. The van der Waals surface area contributed by atoms with Crippen molar-refractivity contribution in [3.63, 3.8) is 0 Å². The van der Waals surface area contributed by atoms with Gasteiger partial charge >= 0.3 is 5.97 Å². The lowest BCUT2D eigenvalue weighted by atomic mass is 10.1. The first-order chi connectivity index (χ1) is 7.25. The molecule has 0 aliphatic heterocycles. The van der Waals surface area contributed by atoms with Crippen LogP contribution in [0.4, 0.5) is 0 Å². The van der Waals surface area contributed by atoms with Gasteiger partial charge in [0, 0.05) is 0 Å². The Labute approximate surface area is 89.6 Å². The molecule has 78 valence electrons. The van der Waals surface area contributed by atoms with Crippen LogP contribution in [0.3, 0.4) is 0 Å². The molecule has 2 nitrogen and oxygen atoms in total. The Kier molecular flexibility index (Phi) is 4.35. The maximum absolute atomic E-state index is 11.0. The van der Waals surface area contributed by atoms with Crippen LogP contribution in [0.25, 0.3) is 5.57 Å². The summed E-state index contributed by atoms with van der Waals surface area (Å²) in [7, 11) is 0. The zero-order valence-corrected chi connectivity index (χ0v) is 8.68. The Morgan fingerprint density at radius 3 is 2.53 bits per heavy atom. The summed E-state index contributed by atoms with van der Waals surface area (Å²) in [6, 6.07) is 9.11. The Balaban J connectivity index is 2.99. The molecule has 0 bridgehead atoms. The summed E-state index contributed by atoms with van der Waals surface area (Å²) in [6.07, 6.45) is 6.22. The van der Waals surface area contributed by atoms with E-state index in [9.17, 15) is 4.79 Å². The Morgan fingerprint density at radius 2 is 2.00 bits per heavy atom. The Bertz CT molecular complexity index is 375. The van der Waals surface area contributed by atoms with Crippen LogP contribution in [-0.4, -0.2) is 11.1 Å². The van der Waals surface area contributed by atoms with E-state index in [1.165, 1.54) is 0 Å². The number of carboxylic acid groups (broad SMARTS) is 1. The maximum Gasteiger partial charge on any atom is 0.336 e. The van der Waals surface area contributed by atoms with Gasteiger partial charge in [0.25, 0.3) is 0 Å². The first-order valence-corrected chi connectivity index (χ1v) is 4.91. The van der Waals surface area contributed by atoms with Crippen LogP contribution in [0.5, 0.6) is 0 Å². The van der Waals surface area contributed by atoms with Gasteiger partial charge in [0.05, 0.1) is 5.57 Å². The highest BCUT2D eigenvalue weighted by Crippen LogP contribution is 2.14. The van der Waals surface area contributed by atoms with Gasteiger partial charge in [-0.3, -0.25) is 0 Å². The van der Waals surface area contributed by atoms with Crippen LogP contribution < -0.4 is 0 Å². The van der Waals surface area contributed by atoms with Crippen molar-refractivity contribution in [2.75, 3.05) is 0 Å². The highest BCUT2D eigenvalue weighted by Gasteiger charge is 2.07. The number of carbonyl (C=O) groups is 1. The molecular weight excluding hydrogens is 188 g/mol. The molecule has 1 aromatic rings. The van der Waals surface area contributed by atoms with Crippen molar-refractivity contribution in [2.45, 2.75) is 13.3 Å². The lowest BCUT2D eigenvalue weighted by molar-refractivity contribution is -0.130. The molecule has 0 saturated carbocycles. The van der Waals surface area contributed by atoms with Crippen LogP contribution in [0.2, 0.25) is 0 Å². The third kappa shape index (κ3) is 3.43. The summed E-state index contributed by atoms with van der Waals surface area (Å²) in [4.78, 5) is 11.0. The van der Waals surface area contributed by atoms with E-state index in [0.29, 0.717) is 5.57 Å². The molecule has 0 spiro atoms. The van der Waals surface area contributed by atoms with E-state index >= 15 is 0 Å². The number of carboxylic acids is 1. The predicted octanol–water partition coefficient (Wildman–Crippen LogP) is 3.12. The van der Waals surface area contributed by atoms with Crippen molar-refractivity contribution < 1.29 is 9.90 Å². The molecule has 0 radical (unpaired) electrons. The van der Waals surface area contributed by atoms with Crippen LogP contribution >= 0.6 is 0 Å². The van der Waals surface area contributed by atoms with E-state index in [2.05, 4.69) is 0 Å². The van der Waals surface area contributed by atoms with E-state index in [-0.39, 0.29) is 0 Å². The van der Waals surface area contributed by atoms with Gasteiger partial charge in [-0.2, -0.15) is 0 Å². The predicted molar refractivity (Wildman–Crippen MR) is 61.5 cm³/mol. The van der Waals surface area contributed by atoms with E-state index in [1.807, 2.05) is 31.2 Å². The van der Waals surface area contributed by atoms with Crippen LogP contribution in [0.15, 0.2) is 48.6 Å². The third-order valence-corrected chi connectivity index (χ3v) is 1.95. The maximum atomic E-state index is 11.0. The summed E-state index contributed by atoms with van der Waals surface area (Å²) in [5.74, 6) is -0.901. The van der Waals surface area contributed by atoms with Crippen molar-refractivity contribution in [3.05, 3.63) is 54.1 Å². The molecule has 0 aromatic heterocycles. The molecule has 0 atom stereocenters. The van der Waals surface area contributed by atoms with E-state index < -0.39 is 5.97 Å². The molecule has 0 fully saturated rings. The fourth-order valence-corrected chi connectivity index (χ4v) is 1.21. The summed E-state index contributed by atoms with van der Waals surface area (Å²) >= 11 is 0. The fraction of sp³-hybridized carbons (Fsp3) is 0.154. The molecule has 0 aliphatic carbocycles. The molecule has 0 aliphatic rings. The molecule has 0 unspecified atom stereocenters. The molecular formula is C13H14O2. The molecule has 0 heterocycles. The van der Waals surface area contributed by atoms with Crippen molar-refractivity contribution >= 4 is 11.5 Å². The SMILES string of the molecule is CC/C=C/C=C(/C(=O)O)c1ccccc1. The molecule has 0 saturated heterocycles. The number of rotatable bonds is 4. The van der Waals surface area contributed by atoms with E-state index in [1.54, 1.807) is 24.3 Å². The van der Waals surface area contributed by atoms with Crippen molar-refractivity contribution in [1.82, 2.24) is 0 Å². The molecule has 2 heteroatoms. The standard InChI is InChI=1S/C13H14O2/c1-2-3-5-10-12(13(14)15)11-8-6-4-7-9-11/h3-10H,2H2,1H3,(H,14,15)/b5-3+,12-10+. The average Bonchev–Trinajstić information content (AvgIpc) is 2.25. The molecule has 0 amide bonds. The Hall–Kier alpha value is -1.83. The third-order valence-electron chi connectivity index (χ3n) is 1.95. The van der Waals surface area contributed by atoms with Crippen LogP contribution in [0, 0.1) is 0 Å². The zero-order chi connectivity index (χ0) is 11.1. The highest BCUT2D eigenvalue weighted by molar-refractivity contribution is 6.15. The van der Waals surface area contributed by atoms with Gasteiger partial charge in [0.2, 0.25) is 0 Å². The number of aliphatic carboxylic acids is 1. The summed E-state index contributed by atoms with van der Waals surface area (Å²) in [6.45, 7) is 2.01. The minimum atomic E-state index is -0.901. The van der Waals surface area contributed by atoms with Gasteiger partial charge in [0.1, 0.15) is 0 Å². The second-order valence-electron chi connectivity index (χ2n) is 3.09. The molecule has 1 N–H and O–H groups in total. The van der Waals surface area contributed by atoms with Crippen LogP contribution in [0.1, 0.15) is 18.9 Å². The monoisotopic (exact) mass is 202 g/mol. The summed E-state index contributed by atoms with van der Waals surface area (Å²) < 4.78 is 0. The van der Waals surface area contributed by atoms with Crippen molar-refractivity contribution in [1.29, 1.82) is 0 Å². The minimum absolute atomic E-state index is 0.320. The lowest BCUT2D eigenvalue weighted by Crippen LogP contribution is -1.98. The second-order valence-corrected chi connectivity index (χ2v) is 3.09. The molecule has 15 heavy (non-hydrogen) atoms. The van der Waals surface area contributed by atoms with Crippen molar-refractivity contribution in [2.24, 2.45) is 0 Å². The lowest BCUT2D eigenvalue weighted by Gasteiger charge is -2.00. The molecule has 1 rings (SSSR count). The largest absolute Gasteiger partial charge is 0.478 e. The zero-order valence-electron chi connectivity index (χ0n) is 8.68. The van der Waals surface area contributed by atoms with E-state index in [0.717, 1.165) is 12.0 Å². The second kappa shape index (κ2) is 5.81. The fourth-order valence-electron chi connectivity index (χ4n) is 1.21. The first-order valence-electron chi connectivity index (χ1n) is 4.91. The number of allylic oxidation sites excluding steroid dienone is 3. The van der Waals surface area contributed by atoms with Crippen molar-refractivity contribution in [3.8, 4) is 0 Å². The molecule has 1 aromatic carbocycles. The topological polar surface area (TPSA) is 37.3 Å². The first kappa shape index (κ1) is 11.2. The summed E-state index contributed by atoms with van der Waals surface area (Å²) in [5.41, 5.74) is 1.05. The average molecular weight is 202 g/mol. The Morgan fingerprint density at radius 1 is 1.33 bits per heavy atom. The number of hydrogen-bond donors (Lipinski definition) is 1. The van der Waals surface area contributed by atoms with Gasteiger partial charge in [0.15, 0.2) is 0 Å². The summed E-state index contributed by atoms with van der Waals surface area (Å²) in [5, 5.41) is 9.02. The van der Waals surface area contributed by atoms with Gasteiger partial charge in [-0.15, -0.1) is 0 Å². The van der Waals surface area contributed by atoms with Gasteiger partial charge in [-0.25, -0.2) is 4.79 Å². The number of hydrogen-bond acceptors (Lipinski definition) is 1. The van der Waals surface area contributed by atoms with Gasteiger partial charge in [-0.1, -0.05) is 49.4 Å². The normalized spacial score (nSPS) is 11.9. The number of benzene rings is 1. The highest BCUT2D eigenvalue weighted by atomic mass is 16.4. The van der Waals surface area contributed by atoms with Gasteiger partial charge in [-0.05, 0) is 18.1 Å². The van der Waals surface area contributed by atoms with E-state index in [4.69, 9.17) is 5.11 Å². The van der Waals surface area contributed by atoms with Gasteiger partial charge < -0.3 is 5.11 Å². The van der Waals surface area contributed by atoms with Crippen LogP contribution in [-0.2, 0) is 4.79 Å². The quantitative estimate of drug-likeness (QED) is 0.601.